The van der Waals surface area contributed by atoms with Gasteiger partial charge in [-0.2, -0.15) is 0 Å². The van der Waals surface area contributed by atoms with Gasteiger partial charge in [0, 0.05) is 19.2 Å². The van der Waals surface area contributed by atoms with Gasteiger partial charge in [0.1, 0.15) is 18.0 Å². The number of nitrogens with zero attached hydrogens (tertiary/aromatic N) is 3. The molecule has 1 aromatic rings. The van der Waals surface area contributed by atoms with Crippen molar-refractivity contribution < 1.29 is 5.11 Å². The van der Waals surface area contributed by atoms with Crippen molar-refractivity contribution in [2.24, 2.45) is 0 Å². The van der Waals surface area contributed by atoms with Crippen LogP contribution in [0.15, 0.2) is 6.33 Å². The number of rotatable bonds is 7. The number of aliphatic hydroxyl groups is 1. The van der Waals surface area contributed by atoms with Gasteiger partial charge in [-0.3, -0.25) is 0 Å². The second kappa shape index (κ2) is 6.70. The molecule has 1 heterocycles. The lowest BCUT2D eigenvalue weighted by molar-refractivity contribution is 0.215. The first-order valence-corrected chi connectivity index (χ1v) is 6.90. The zero-order valence-electron chi connectivity index (χ0n) is 12.7. The van der Waals surface area contributed by atoms with Crippen LogP contribution >= 0.6 is 0 Å². The fraction of sp³-hybridized carbons (Fsp3) is 0.714. The average Bonchev–Trinajstić information content (AvgIpc) is 2.40. The number of hydrogen-bond acceptors (Lipinski definition) is 5. The van der Waals surface area contributed by atoms with E-state index in [4.69, 9.17) is 0 Å². The molecule has 0 radical (unpaired) electrons. The molecule has 1 rings (SSSR count). The molecule has 19 heavy (non-hydrogen) atoms. The molecule has 0 saturated carbocycles. The van der Waals surface area contributed by atoms with Gasteiger partial charge >= 0.3 is 0 Å². The van der Waals surface area contributed by atoms with Crippen LogP contribution in [-0.4, -0.2) is 40.8 Å². The number of aliphatic hydroxyl groups excluding tert-OH is 1. The summed E-state index contributed by atoms with van der Waals surface area (Å²) in [6.07, 6.45) is 3.53. The summed E-state index contributed by atoms with van der Waals surface area (Å²) in [5.74, 6) is 1.79. The summed E-state index contributed by atoms with van der Waals surface area (Å²) in [4.78, 5) is 10.8. The Morgan fingerprint density at radius 1 is 1.32 bits per heavy atom. The molecule has 2 N–H and O–H groups in total. The smallest absolute Gasteiger partial charge is 0.137 e. The van der Waals surface area contributed by atoms with Gasteiger partial charge in [-0.05, 0) is 27.2 Å². The van der Waals surface area contributed by atoms with Crippen molar-refractivity contribution >= 4 is 11.6 Å². The molecule has 0 unspecified atom stereocenters. The topological polar surface area (TPSA) is 61.3 Å². The van der Waals surface area contributed by atoms with Gasteiger partial charge in [0.2, 0.25) is 0 Å². The number of hydrogen-bond donors (Lipinski definition) is 2. The Hall–Kier alpha value is -1.36. The van der Waals surface area contributed by atoms with Crippen molar-refractivity contribution in [3.05, 3.63) is 11.9 Å². The number of nitrogens with one attached hydrogen (secondary N) is 1. The van der Waals surface area contributed by atoms with Crippen LogP contribution in [0.1, 0.15) is 39.7 Å². The molecule has 5 heteroatoms. The molecular formula is C14H26N4O. The van der Waals surface area contributed by atoms with E-state index in [0.717, 1.165) is 36.6 Å². The normalized spacial score (nSPS) is 11.5. The fourth-order valence-corrected chi connectivity index (χ4v) is 1.88. The first-order chi connectivity index (χ1) is 8.97. The van der Waals surface area contributed by atoms with Gasteiger partial charge in [0.15, 0.2) is 0 Å². The molecule has 0 atom stereocenters. The van der Waals surface area contributed by atoms with E-state index in [9.17, 15) is 5.11 Å². The number of anilines is 2. The second-order valence-electron chi connectivity index (χ2n) is 5.33. The fourth-order valence-electron chi connectivity index (χ4n) is 1.88. The highest BCUT2D eigenvalue weighted by atomic mass is 16.3. The van der Waals surface area contributed by atoms with Gasteiger partial charge in [-0.1, -0.05) is 13.3 Å². The maximum atomic E-state index is 9.52. The van der Waals surface area contributed by atoms with E-state index in [1.165, 1.54) is 0 Å². The second-order valence-corrected chi connectivity index (χ2v) is 5.33. The summed E-state index contributed by atoms with van der Waals surface area (Å²) in [5, 5.41) is 12.8. The minimum atomic E-state index is -0.347. The molecule has 0 saturated heterocycles. The van der Waals surface area contributed by atoms with Gasteiger partial charge in [0.05, 0.1) is 12.1 Å². The highest BCUT2D eigenvalue weighted by Gasteiger charge is 2.26. The van der Waals surface area contributed by atoms with E-state index < -0.39 is 0 Å². The van der Waals surface area contributed by atoms with Gasteiger partial charge in [-0.25, -0.2) is 9.97 Å². The summed E-state index contributed by atoms with van der Waals surface area (Å²) >= 11 is 0. The summed E-state index contributed by atoms with van der Waals surface area (Å²) < 4.78 is 0. The van der Waals surface area contributed by atoms with Gasteiger partial charge in [-0.15, -0.1) is 0 Å². The number of aromatic nitrogens is 2. The van der Waals surface area contributed by atoms with Crippen molar-refractivity contribution in [1.82, 2.24) is 9.97 Å². The molecule has 0 aromatic carbocycles. The average molecular weight is 266 g/mol. The standard InChI is InChI=1S/C14H26N4O/c1-6-8-11-12(15-7-2)16-10-17-13(11)18(5)14(3,4)9-19/h10,19H,6-9H2,1-5H3,(H,15,16,17). The monoisotopic (exact) mass is 266 g/mol. The van der Waals surface area contributed by atoms with E-state index in [1.807, 2.05) is 25.8 Å². The first-order valence-electron chi connectivity index (χ1n) is 6.90. The summed E-state index contributed by atoms with van der Waals surface area (Å²) in [7, 11) is 1.97. The van der Waals surface area contributed by atoms with Crippen molar-refractivity contribution in [1.29, 1.82) is 0 Å². The van der Waals surface area contributed by atoms with E-state index in [1.54, 1.807) is 6.33 Å². The van der Waals surface area contributed by atoms with Crippen LogP contribution in [0.4, 0.5) is 11.6 Å². The molecule has 5 nitrogen and oxygen atoms in total. The lowest BCUT2D eigenvalue weighted by Crippen LogP contribution is -2.45. The zero-order valence-corrected chi connectivity index (χ0v) is 12.7. The predicted octanol–water partition coefficient (Wildman–Crippen LogP) is 2.07. The molecular weight excluding hydrogens is 240 g/mol. The Labute approximate surface area is 116 Å². The lowest BCUT2D eigenvalue weighted by Gasteiger charge is -2.36. The summed E-state index contributed by atoms with van der Waals surface area (Å²) in [6.45, 7) is 9.11. The van der Waals surface area contributed by atoms with Crippen molar-refractivity contribution in [3.8, 4) is 0 Å². The Bertz CT molecular complexity index is 406. The van der Waals surface area contributed by atoms with Crippen LogP contribution < -0.4 is 10.2 Å². The Morgan fingerprint density at radius 3 is 2.53 bits per heavy atom. The van der Waals surface area contributed by atoms with Crippen LogP contribution in [0.25, 0.3) is 0 Å². The lowest BCUT2D eigenvalue weighted by atomic mass is 10.0. The Morgan fingerprint density at radius 2 is 2.00 bits per heavy atom. The van der Waals surface area contributed by atoms with Crippen molar-refractivity contribution in [3.63, 3.8) is 0 Å². The third kappa shape index (κ3) is 3.56. The third-order valence-corrected chi connectivity index (χ3v) is 3.38. The predicted molar refractivity (Wildman–Crippen MR) is 79.8 cm³/mol. The SMILES string of the molecule is CCCc1c(NCC)ncnc1N(C)C(C)(C)CO. The Balaban J connectivity index is 3.22. The molecule has 0 fully saturated rings. The van der Waals surface area contributed by atoms with E-state index in [-0.39, 0.29) is 12.1 Å². The quantitative estimate of drug-likeness (QED) is 0.791. The molecule has 0 aliphatic carbocycles. The van der Waals surface area contributed by atoms with E-state index >= 15 is 0 Å². The van der Waals surface area contributed by atoms with Crippen molar-refractivity contribution in [2.45, 2.75) is 46.1 Å². The van der Waals surface area contributed by atoms with Crippen LogP contribution in [0, 0.1) is 0 Å². The van der Waals surface area contributed by atoms with Gasteiger partial charge in [0.25, 0.3) is 0 Å². The minimum Gasteiger partial charge on any atom is -0.394 e. The summed E-state index contributed by atoms with van der Waals surface area (Å²) in [6, 6.07) is 0. The molecule has 0 amide bonds. The Kier molecular flexibility index (Phi) is 5.54. The summed E-state index contributed by atoms with van der Waals surface area (Å²) in [5.41, 5.74) is 0.774. The zero-order chi connectivity index (χ0) is 14.5. The molecule has 0 spiro atoms. The van der Waals surface area contributed by atoms with Crippen LogP contribution in [0.2, 0.25) is 0 Å². The van der Waals surface area contributed by atoms with Gasteiger partial charge < -0.3 is 15.3 Å². The first kappa shape index (κ1) is 15.7. The van der Waals surface area contributed by atoms with Crippen LogP contribution in [0.3, 0.4) is 0 Å². The molecule has 108 valence electrons. The number of likely N-dealkylation sites (N-methyl/N-ethyl adjacent to an activating group) is 1. The van der Waals surface area contributed by atoms with Crippen LogP contribution in [-0.2, 0) is 6.42 Å². The highest BCUT2D eigenvalue weighted by molar-refractivity contribution is 5.59. The van der Waals surface area contributed by atoms with E-state index in [2.05, 4.69) is 29.1 Å². The minimum absolute atomic E-state index is 0.0790. The molecule has 0 bridgehead atoms. The largest absolute Gasteiger partial charge is 0.394 e. The molecule has 0 aliphatic heterocycles. The molecule has 0 aliphatic rings. The van der Waals surface area contributed by atoms with Crippen LogP contribution in [0.5, 0.6) is 0 Å². The van der Waals surface area contributed by atoms with E-state index in [0.29, 0.717) is 0 Å². The molecule has 1 aromatic heterocycles. The third-order valence-electron chi connectivity index (χ3n) is 3.38. The highest BCUT2D eigenvalue weighted by Crippen LogP contribution is 2.28. The van der Waals surface area contributed by atoms with Crippen molar-refractivity contribution in [2.75, 3.05) is 30.4 Å². The maximum absolute atomic E-state index is 9.52. The maximum Gasteiger partial charge on any atom is 0.137 e.